The minimum Gasteiger partial charge on any atom is -0.254 e. The molecule has 2 unspecified atom stereocenters. The summed E-state index contributed by atoms with van der Waals surface area (Å²) in [5.41, 5.74) is 9.09. The van der Waals surface area contributed by atoms with E-state index in [9.17, 15) is 0 Å². The van der Waals surface area contributed by atoms with Crippen molar-refractivity contribution in [3.8, 4) is 10.6 Å². The normalized spacial score (nSPS) is 21.7. The molecule has 2 N–H and O–H groups in total. The molecule has 0 bridgehead atoms. The number of benzene rings is 1. The Bertz CT molecular complexity index is 857. The zero-order valence-electron chi connectivity index (χ0n) is 14.4. The minimum absolute atomic E-state index is 0.146. The van der Waals surface area contributed by atoms with Crippen LogP contribution in [0.1, 0.15) is 51.5 Å². The van der Waals surface area contributed by atoms with Crippen molar-refractivity contribution in [3.05, 3.63) is 35.7 Å². The predicted octanol–water partition coefficient (Wildman–Crippen LogP) is 3.08. The molecule has 1 fully saturated rings. The number of rotatable bonds is 2. The minimum atomic E-state index is 0.146. The van der Waals surface area contributed by atoms with E-state index in [0.29, 0.717) is 6.04 Å². The topological polar surface area (TPSA) is 67.1 Å². The van der Waals surface area contributed by atoms with E-state index < -0.39 is 0 Å². The Morgan fingerprint density at radius 2 is 1.88 bits per heavy atom. The van der Waals surface area contributed by atoms with Crippen molar-refractivity contribution < 1.29 is 0 Å². The van der Waals surface area contributed by atoms with Crippen LogP contribution in [-0.2, 0) is 5.41 Å². The summed E-state index contributed by atoms with van der Waals surface area (Å²) in [5.74, 6) is 0.871. The number of fused-ring (bicyclic) bond motifs is 1. The van der Waals surface area contributed by atoms with Gasteiger partial charge in [0.25, 0.3) is 0 Å². The third-order valence-corrected chi connectivity index (χ3v) is 5.37. The third-order valence-electron chi connectivity index (χ3n) is 4.42. The molecule has 0 spiro atoms. The number of aromatic nitrogens is 4. The van der Waals surface area contributed by atoms with Crippen molar-refractivity contribution in [2.24, 2.45) is 0 Å². The van der Waals surface area contributed by atoms with Gasteiger partial charge in [-0.2, -0.15) is 9.61 Å². The van der Waals surface area contributed by atoms with Crippen LogP contribution in [-0.4, -0.2) is 25.9 Å². The lowest BCUT2D eigenvalue weighted by Crippen LogP contribution is -2.29. The summed E-state index contributed by atoms with van der Waals surface area (Å²) in [6.07, 6.45) is 0.980. The smallest absolute Gasteiger partial charge is 0.235 e. The standard InChI is InChI=1S/C17H22N6S/c1-10-9-13(19-18-10)14-20-21-16-23(14)22-15(24-16)11-5-7-12(8-6-11)17(2,3)4/h5-8,10,13,18-19H,9H2,1-4H3. The Labute approximate surface area is 145 Å². The van der Waals surface area contributed by atoms with E-state index in [4.69, 9.17) is 5.10 Å². The number of hydrogen-bond acceptors (Lipinski definition) is 6. The first-order valence-electron chi connectivity index (χ1n) is 8.26. The lowest BCUT2D eigenvalue weighted by atomic mass is 9.87. The first kappa shape index (κ1) is 15.7. The molecular formula is C17H22N6S. The second kappa shape index (κ2) is 5.61. The maximum atomic E-state index is 4.75. The summed E-state index contributed by atoms with van der Waals surface area (Å²) in [4.78, 5) is 0.834. The Morgan fingerprint density at radius 3 is 2.50 bits per heavy atom. The summed E-state index contributed by atoms with van der Waals surface area (Å²) >= 11 is 1.57. The SMILES string of the molecule is CC1CC(c2nnc3sc(-c4ccc(C(C)(C)C)cc4)nn23)NN1. The van der Waals surface area contributed by atoms with Crippen molar-refractivity contribution in [3.63, 3.8) is 0 Å². The van der Waals surface area contributed by atoms with Crippen molar-refractivity contribution >= 4 is 16.3 Å². The zero-order valence-corrected chi connectivity index (χ0v) is 15.2. The number of hydrogen-bond donors (Lipinski definition) is 2. The lowest BCUT2D eigenvalue weighted by Gasteiger charge is -2.18. The van der Waals surface area contributed by atoms with E-state index in [1.165, 1.54) is 5.56 Å². The number of hydrazine groups is 1. The molecule has 2 aromatic heterocycles. The average molecular weight is 342 g/mol. The van der Waals surface area contributed by atoms with Gasteiger partial charge in [-0.15, -0.1) is 10.2 Å². The molecule has 126 valence electrons. The summed E-state index contributed by atoms with van der Waals surface area (Å²) in [6.45, 7) is 8.82. The molecule has 3 aromatic rings. The molecule has 0 radical (unpaired) electrons. The monoisotopic (exact) mass is 342 g/mol. The van der Waals surface area contributed by atoms with Gasteiger partial charge in [-0.25, -0.2) is 5.43 Å². The van der Waals surface area contributed by atoms with E-state index in [1.54, 1.807) is 11.3 Å². The molecule has 1 aliphatic heterocycles. The van der Waals surface area contributed by atoms with Crippen LogP contribution >= 0.6 is 11.3 Å². The van der Waals surface area contributed by atoms with E-state index in [0.717, 1.165) is 27.8 Å². The lowest BCUT2D eigenvalue weighted by molar-refractivity contribution is 0.534. The highest BCUT2D eigenvalue weighted by atomic mass is 32.1. The molecule has 24 heavy (non-hydrogen) atoms. The van der Waals surface area contributed by atoms with Crippen LogP contribution in [0, 0.1) is 0 Å². The van der Waals surface area contributed by atoms with Crippen LogP contribution < -0.4 is 10.9 Å². The van der Waals surface area contributed by atoms with Crippen molar-refractivity contribution in [1.82, 2.24) is 30.7 Å². The fraction of sp³-hybridized carbons (Fsp3) is 0.471. The van der Waals surface area contributed by atoms with Gasteiger partial charge in [-0.3, -0.25) is 5.43 Å². The Balaban J connectivity index is 1.67. The zero-order chi connectivity index (χ0) is 16.9. The van der Waals surface area contributed by atoms with Crippen LogP contribution in [0.3, 0.4) is 0 Å². The quantitative estimate of drug-likeness (QED) is 0.749. The number of nitrogens with zero attached hydrogens (tertiary/aromatic N) is 4. The molecule has 0 amide bonds. The van der Waals surface area contributed by atoms with Gasteiger partial charge < -0.3 is 0 Å². The maximum Gasteiger partial charge on any atom is 0.235 e. The van der Waals surface area contributed by atoms with E-state index in [2.05, 4.69) is 73.0 Å². The molecule has 0 aliphatic carbocycles. The highest BCUT2D eigenvalue weighted by Crippen LogP contribution is 2.30. The summed E-state index contributed by atoms with van der Waals surface area (Å²) in [5, 5.41) is 14.3. The molecular weight excluding hydrogens is 320 g/mol. The van der Waals surface area contributed by atoms with Crippen molar-refractivity contribution in [2.45, 2.75) is 51.6 Å². The van der Waals surface area contributed by atoms with Gasteiger partial charge in [0.15, 0.2) is 5.82 Å². The highest BCUT2D eigenvalue weighted by molar-refractivity contribution is 7.19. The Morgan fingerprint density at radius 1 is 1.12 bits per heavy atom. The number of nitrogens with one attached hydrogen (secondary N) is 2. The molecule has 2 atom stereocenters. The van der Waals surface area contributed by atoms with Gasteiger partial charge in [-0.05, 0) is 24.3 Å². The van der Waals surface area contributed by atoms with Crippen LogP contribution in [0.4, 0.5) is 0 Å². The fourth-order valence-corrected chi connectivity index (χ4v) is 3.81. The van der Waals surface area contributed by atoms with Crippen molar-refractivity contribution in [1.29, 1.82) is 0 Å². The molecule has 7 heteroatoms. The van der Waals surface area contributed by atoms with Crippen LogP contribution in [0.5, 0.6) is 0 Å². The fourth-order valence-electron chi connectivity index (χ4n) is 2.96. The summed E-state index contributed by atoms with van der Waals surface area (Å²) in [6, 6.07) is 9.22. The van der Waals surface area contributed by atoms with Gasteiger partial charge in [-0.1, -0.05) is 56.4 Å². The Hall–Kier alpha value is -1.83. The van der Waals surface area contributed by atoms with Crippen LogP contribution in [0.2, 0.25) is 0 Å². The molecule has 3 heterocycles. The first-order chi connectivity index (χ1) is 11.4. The second-order valence-electron chi connectivity index (χ2n) is 7.47. The van der Waals surface area contributed by atoms with Gasteiger partial charge >= 0.3 is 0 Å². The van der Waals surface area contributed by atoms with Crippen molar-refractivity contribution in [2.75, 3.05) is 0 Å². The molecule has 1 aliphatic rings. The van der Waals surface area contributed by atoms with Gasteiger partial charge in [0.2, 0.25) is 4.96 Å². The first-order valence-corrected chi connectivity index (χ1v) is 9.07. The third kappa shape index (κ3) is 2.72. The van der Waals surface area contributed by atoms with E-state index >= 15 is 0 Å². The molecule has 1 saturated heterocycles. The molecule has 6 nitrogen and oxygen atoms in total. The van der Waals surface area contributed by atoms with Crippen LogP contribution in [0.15, 0.2) is 24.3 Å². The molecule has 4 rings (SSSR count). The highest BCUT2D eigenvalue weighted by Gasteiger charge is 2.27. The maximum absolute atomic E-state index is 4.75. The Kier molecular flexibility index (Phi) is 3.67. The average Bonchev–Trinajstić information content (AvgIpc) is 3.21. The van der Waals surface area contributed by atoms with E-state index in [1.807, 2.05) is 4.52 Å². The summed E-state index contributed by atoms with van der Waals surface area (Å²) < 4.78 is 1.87. The van der Waals surface area contributed by atoms with Crippen LogP contribution in [0.25, 0.3) is 15.5 Å². The largest absolute Gasteiger partial charge is 0.254 e. The van der Waals surface area contributed by atoms with Gasteiger partial charge in [0, 0.05) is 11.6 Å². The van der Waals surface area contributed by atoms with Gasteiger partial charge in [0.05, 0.1) is 6.04 Å². The van der Waals surface area contributed by atoms with E-state index in [-0.39, 0.29) is 11.5 Å². The predicted molar refractivity (Wildman–Crippen MR) is 95.9 cm³/mol. The molecule has 1 aromatic carbocycles. The van der Waals surface area contributed by atoms with Gasteiger partial charge in [0.1, 0.15) is 5.01 Å². The molecule has 0 saturated carbocycles. The summed E-state index contributed by atoms with van der Waals surface area (Å²) in [7, 11) is 0. The second-order valence-corrected chi connectivity index (χ2v) is 8.42.